The fourth-order valence-corrected chi connectivity index (χ4v) is 4.29. The molecular weight excluding hydrogens is 394 g/mol. The zero-order valence-corrected chi connectivity index (χ0v) is 18.2. The molecule has 0 radical (unpaired) electrons. The molecule has 0 saturated heterocycles. The Balaban J connectivity index is 1.58. The number of thiazole rings is 1. The first-order valence-electron chi connectivity index (χ1n) is 9.68. The number of aryl methyl sites for hydroxylation is 2. The molecule has 0 aliphatic heterocycles. The highest BCUT2D eigenvalue weighted by Gasteiger charge is 2.17. The van der Waals surface area contributed by atoms with Gasteiger partial charge in [0.25, 0.3) is 0 Å². The summed E-state index contributed by atoms with van der Waals surface area (Å²) >= 11 is 1.69. The number of benzene rings is 1. The molecular formula is C23H23N5OS. The van der Waals surface area contributed by atoms with Crippen molar-refractivity contribution in [3.05, 3.63) is 71.1 Å². The average molecular weight is 418 g/mol. The van der Waals surface area contributed by atoms with Crippen molar-refractivity contribution in [1.29, 1.82) is 0 Å². The SMILES string of the molecule is COc1ccc(-c2nc(C)c(C(C)Nc3cc(C)nc(-c4cccnc4)n3)s2)cc1. The standard InChI is InChI=1S/C23H23N5OS/c1-14-12-20(28-22(25-14)18-6-5-11-24-13-18)26-15(2)21-16(3)27-23(30-21)17-7-9-19(29-4)10-8-17/h5-13,15H,1-4H3,(H,25,26,28). The summed E-state index contributed by atoms with van der Waals surface area (Å²) in [5.74, 6) is 2.29. The topological polar surface area (TPSA) is 72.8 Å². The maximum atomic E-state index is 5.25. The smallest absolute Gasteiger partial charge is 0.163 e. The van der Waals surface area contributed by atoms with E-state index in [0.29, 0.717) is 5.82 Å². The molecule has 0 bridgehead atoms. The zero-order valence-electron chi connectivity index (χ0n) is 17.4. The number of nitrogens with one attached hydrogen (secondary N) is 1. The van der Waals surface area contributed by atoms with Crippen LogP contribution in [0.15, 0.2) is 54.9 Å². The summed E-state index contributed by atoms with van der Waals surface area (Å²) in [7, 11) is 1.67. The summed E-state index contributed by atoms with van der Waals surface area (Å²) in [6.07, 6.45) is 3.52. The predicted octanol–water partition coefficient (Wildman–Crippen LogP) is 5.46. The van der Waals surface area contributed by atoms with Gasteiger partial charge in [0.2, 0.25) is 0 Å². The highest BCUT2D eigenvalue weighted by molar-refractivity contribution is 7.15. The molecule has 6 nitrogen and oxygen atoms in total. The fraction of sp³-hybridized carbons (Fsp3) is 0.217. The van der Waals surface area contributed by atoms with Gasteiger partial charge in [-0.3, -0.25) is 4.98 Å². The maximum Gasteiger partial charge on any atom is 0.163 e. The van der Waals surface area contributed by atoms with Gasteiger partial charge in [-0.25, -0.2) is 15.0 Å². The first-order valence-corrected chi connectivity index (χ1v) is 10.5. The van der Waals surface area contributed by atoms with E-state index in [9.17, 15) is 0 Å². The van der Waals surface area contributed by atoms with Gasteiger partial charge >= 0.3 is 0 Å². The number of ether oxygens (including phenoxy) is 1. The van der Waals surface area contributed by atoms with Gasteiger partial charge in [0.15, 0.2) is 5.82 Å². The van der Waals surface area contributed by atoms with Crippen LogP contribution in [0.2, 0.25) is 0 Å². The van der Waals surface area contributed by atoms with Crippen molar-refractivity contribution in [2.24, 2.45) is 0 Å². The second-order valence-corrected chi connectivity index (χ2v) is 8.05. The lowest BCUT2D eigenvalue weighted by molar-refractivity contribution is 0.415. The summed E-state index contributed by atoms with van der Waals surface area (Å²) in [5.41, 5.74) is 3.90. The molecule has 0 amide bonds. The zero-order chi connectivity index (χ0) is 21.1. The lowest BCUT2D eigenvalue weighted by Crippen LogP contribution is -2.09. The van der Waals surface area contributed by atoms with Crippen LogP contribution in [-0.2, 0) is 0 Å². The molecule has 7 heteroatoms. The highest BCUT2D eigenvalue weighted by atomic mass is 32.1. The summed E-state index contributed by atoms with van der Waals surface area (Å²) in [6, 6.07) is 13.8. The normalized spacial score (nSPS) is 11.9. The summed E-state index contributed by atoms with van der Waals surface area (Å²) in [5, 5.41) is 4.51. The van der Waals surface area contributed by atoms with Crippen LogP contribution < -0.4 is 10.1 Å². The maximum absolute atomic E-state index is 5.25. The lowest BCUT2D eigenvalue weighted by Gasteiger charge is -2.15. The van der Waals surface area contributed by atoms with Crippen molar-refractivity contribution in [3.63, 3.8) is 0 Å². The van der Waals surface area contributed by atoms with Crippen LogP contribution in [0, 0.1) is 13.8 Å². The summed E-state index contributed by atoms with van der Waals surface area (Å²) < 4.78 is 5.25. The monoisotopic (exact) mass is 417 g/mol. The van der Waals surface area contributed by atoms with E-state index in [1.807, 2.05) is 56.3 Å². The Morgan fingerprint density at radius 2 is 1.80 bits per heavy atom. The van der Waals surface area contributed by atoms with E-state index in [1.165, 1.54) is 4.88 Å². The molecule has 30 heavy (non-hydrogen) atoms. The molecule has 0 fully saturated rings. The van der Waals surface area contributed by atoms with Crippen LogP contribution in [-0.4, -0.2) is 27.0 Å². The molecule has 4 aromatic rings. The Bertz CT molecular complexity index is 1140. The van der Waals surface area contributed by atoms with E-state index in [2.05, 4.69) is 22.2 Å². The van der Waals surface area contributed by atoms with Crippen LogP contribution in [0.25, 0.3) is 22.0 Å². The number of hydrogen-bond acceptors (Lipinski definition) is 7. The van der Waals surface area contributed by atoms with Gasteiger partial charge in [-0.05, 0) is 57.2 Å². The highest BCUT2D eigenvalue weighted by Crippen LogP contribution is 2.34. The third-order valence-corrected chi connectivity index (χ3v) is 6.09. The van der Waals surface area contributed by atoms with Gasteiger partial charge in [-0.2, -0.15) is 0 Å². The number of pyridine rings is 1. The van der Waals surface area contributed by atoms with Gasteiger partial charge in [0, 0.05) is 40.2 Å². The molecule has 3 heterocycles. The van der Waals surface area contributed by atoms with Crippen LogP contribution in [0.5, 0.6) is 5.75 Å². The largest absolute Gasteiger partial charge is 0.497 e. The van der Waals surface area contributed by atoms with Crippen molar-refractivity contribution in [2.45, 2.75) is 26.8 Å². The van der Waals surface area contributed by atoms with E-state index in [-0.39, 0.29) is 6.04 Å². The Kier molecular flexibility index (Phi) is 5.72. The van der Waals surface area contributed by atoms with Gasteiger partial charge in [-0.15, -0.1) is 11.3 Å². The quantitative estimate of drug-likeness (QED) is 0.449. The molecule has 0 aliphatic rings. The van der Waals surface area contributed by atoms with E-state index in [1.54, 1.807) is 30.8 Å². The van der Waals surface area contributed by atoms with E-state index >= 15 is 0 Å². The summed E-state index contributed by atoms with van der Waals surface area (Å²) in [4.78, 5) is 19.4. The van der Waals surface area contributed by atoms with Crippen LogP contribution in [0.4, 0.5) is 5.82 Å². The van der Waals surface area contributed by atoms with Crippen LogP contribution >= 0.6 is 11.3 Å². The van der Waals surface area contributed by atoms with Crippen molar-refractivity contribution in [3.8, 4) is 27.7 Å². The van der Waals surface area contributed by atoms with E-state index < -0.39 is 0 Å². The summed E-state index contributed by atoms with van der Waals surface area (Å²) in [6.45, 7) is 6.14. The van der Waals surface area contributed by atoms with Crippen LogP contribution in [0.1, 0.15) is 29.2 Å². The Morgan fingerprint density at radius 3 is 2.50 bits per heavy atom. The first kappa shape index (κ1) is 20.0. The lowest BCUT2D eigenvalue weighted by atomic mass is 10.2. The Labute approximate surface area is 180 Å². The molecule has 0 aliphatic carbocycles. The van der Waals surface area contributed by atoms with Gasteiger partial charge in [0.05, 0.1) is 18.8 Å². The third kappa shape index (κ3) is 4.31. The van der Waals surface area contributed by atoms with Gasteiger partial charge in [-0.1, -0.05) is 0 Å². The first-order chi connectivity index (χ1) is 14.5. The molecule has 0 spiro atoms. The molecule has 0 saturated carbocycles. The van der Waals surface area contributed by atoms with E-state index in [4.69, 9.17) is 14.7 Å². The minimum absolute atomic E-state index is 0.0607. The third-order valence-electron chi connectivity index (χ3n) is 4.70. The minimum atomic E-state index is 0.0607. The number of methoxy groups -OCH3 is 1. The number of nitrogens with zero attached hydrogens (tertiary/aromatic N) is 4. The number of aromatic nitrogens is 4. The molecule has 1 unspecified atom stereocenters. The second kappa shape index (κ2) is 8.59. The van der Waals surface area contributed by atoms with E-state index in [0.717, 1.165) is 39.1 Å². The fourth-order valence-electron chi connectivity index (χ4n) is 3.22. The van der Waals surface area contributed by atoms with Crippen LogP contribution in [0.3, 0.4) is 0 Å². The van der Waals surface area contributed by atoms with Crippen molar-refractivity contribution < 1.29 is 4.74 Å². The Hall–Kier alpha value is -3.32. The molecule has 4 rings (SSSR count). The number of rotatable bonds is 6. The molecule has 152 valence electrons. The van der Waals surface area contributed by atoms with Gasteiger partial charge in [0.1, 0.15) is 16.6 Å². The van der Waals surface area contributed by atoms with Crippen molar-refractivity contribution >= 4 is 17.2 Å². The molecule has 3 aromatic heterocycles. The molecule has 1 N–H and O–H groups in total. The Morgan fingerprint density at radius 1 is 1.00 bits per heavy atom. The minimum Gasteiger partial charge on any atom is -0.497 e. The van der Waals surface area contributed by atoms with Gasteiger partial charge < -0.3 is 10.1 Å². The molecule has 1 aromatic carbocycles. The molecule has 1 atom stereocenters. The predicted molar refractivity (Wildman–Crippen MR) is 121 cm³/mol. The van der Waals surface area contributed by atoms with Crippen molar-refractivity contribution in [1.82, 2.24) is 19.9 Å². The van der Waals surface area contributed by atoms with Crippen molar-refractivity contribution in [2.75, 3.05) is 12.4 Å². The second-order valence-electron chi connectivity index (χ2n) is 7.02. The average Bonchev–Trinajstić information content (AvgIpc) is 3.16. The number of hydrogen-bond donors (Lipinski definition) is 1. The number of anilines is 1.